The summed E-state index contributed by atoms with van der Waals surface area (Å²) in [6, 6.07) is 4.96. The van der Waals surface area contributed by atoms with E-state index >= 15 is 0 Å². The van der Waals surface area contributed by atoms with Gasteiger partial charge in [0.1, 0.15) is 6.10 Å². The number of aryl methyl sites for hydroxylation is 1. The van der Waals surface area contributed by atoms with Gasteiger partial charge in [-0.1, -0.05) is 12.1 Å². The van der Waals surface area contributed by atoms with Gasteiger partial charge >= 0.3 is 0 Å². The molecule has 146 valence electrons. The molecule has 0 saturated carbocycles. The molecule has 0 saturated heterocycles. The highest BCUT2D eigenvalue weighted by atomic mass is 19.2. The predicted octanol–water partition coefficient (Wildman–Crippen LogP) is 2.00. The molecule has 8 heteroatoms. The number of fused-ring (bicyclic) bond motifs is 1. The first-order valence-electron chi connectivity index (χ1n) is 8.87. The van der Waals surface area contributed by atoms with E-state index in [1.807, 2.05) is 4.90 Å². The zero-order valence-corrected chi connectivity index (χ0v) is 15.7. The first-order valence-corrected chi connectivity index (χ1v) is 8.87. The van der Waals surface area contributed by atoms with Crippen molar-refractivity contribution in [1.82, 2.24) is 19.6 Å². The summed E-state index contributed by atoms with van der Waals surface area (Å²) in [6.07, 6.45) is -0.990. The zero-order valence-electron chi connectivity index (χ0n) is 15.7. The lowest BCUT2D eigenvalue weighted by Gasteiger charge is -2.27. The number of benzene rings is 1. The number of nitrogens with zero attached hydrogens (tertiary/aromatic N) is 4. The molecule has 1 aliphatic rings. The van der Waals surface area contributed by atoms with E-state index in [1.165, 1.54) is 11.8 Å². The third-order valence-electron chi connectivity index (χ3n) is 4.85. The number of rotatable bonds is 5. The summed E-state index contributed by atoms with van der Waals surface area (Å²) in [7, 11) is 3.27. The Kier molecular flexibility index (Phi) is 5.57. The van der Waals surface area contributed by atoms with Crippen molar-refractivity contribution in [2.75, 3.05) is 20.6 Å². The number of aliphatic hydroxyl groups is 1. The summed E-state index contributed by atoms with van der Waals surface area (Å²) in [6.45, 7) is 3.56. The fourth-order valence-corrected chi connectivity index (χ4v) is 3.14. The van der Waals surface area contributed by atoms with Crippen molar-refractivity contribution < 1.29 is 18.7 Å². The molecule has 1 amide bonds. The minimum atomic E-state index is -0.963. The molecule has 27 heavy (non-hydrogen) atoms. The number of carbonyl (C=O) groups is 1. The summed E-state index contributed by atoms with van der Waals surface area (Å²) in [5, 5.41) is 14.6. The molecule has 0 aliphatic carbocycles. The molecule has 0 bridgehead atoms. The first kappa shape index (κ1) is 19.4. The third kappa shape index (κ3) is 4.17. The van der Waals surface area contributed by atoms with Crippen LogP contribution in [0.25, 0.3) is 0 Å². The smallest absolute Gasteiger partial charge is 0.225 e. The molecule has 6 nitrogen and oxygen atoms in total. The minimum absolute atomic E-state index is 0.0268. The van der Waals surface area contributed by atoms with E-state index in [2.05, 4.69) is 5.10 Å². The number of aromatic nitrogens is 2. The van der Waals surface area contributed by atoms with Gasteiger partial charge in [-0.25, -0.2) is 8.78 Å². The van der Waals surface area contributed by atoms with E-state index in [0.717, 1.165) is 5.69 Å². The Bertz CT molecular complexity index is 850. The largest absolute Gasteiger partial charge is 0.386 e. The number of aliphatic hydroxyl groups excluding tert-OH is 1. The molecule has 2 heterocycles. The average Bonchev–Trinajstić information content (AvgIpc) is 3.05. The van der Waals surface area contributed by atoms with Crippen LogP contribution in [0.5, 0.6) is 0 Å². The van der Waals surface area contributed by atoms with Gasteiger partial charge in [0.2, 0.25) is 5.91 Å². The van der Waals surface area contributed by atoms with Gasteiger partial charge in [0.15, 0.2) is 11.6 Å². The lowest BCUT2D eigenvalue weighted by Crippen LogP contribution is -2.33. The van der Waals surface area contributed by atoms with Crippen LogP contribution in [0, 0.1) is 18.6 Å². The molecule has 0 spiro atoms. The molecular formula is C19H24F2N4O2. The fraction of sp³-hybridized carbons (Fsp3) is 0.474. The maximum atomic E-state index is 14.1. The Morgan fingerprint density at radius 2 is 2.04 bits per heavy atom. The molecule has 0 fully saturated rings. The van der Waals surface area contributed by atoms with E-state index in [0.29, 0.717) is 43.0 Å². The summed E-state index contributed by atoms with van der Waals surface area (Å²) < 4.78 is 29.7. The number of hydrogen-bond donors (Lipinski definition) is 1. The van der Waals surface area contributed by atoms with Crippen molar-refractivity contribution in [3.05, 3.63) is 52.3 Å². The molecule has 1 aromatic heterocycles. The normalized spacial score (nSPS) is 15.5. The Morgan fingerprint density at radius 3 is 2.74 bits per heavy atom. The summed E-state index contributed by atoms with van der Waals surface area (Å²) in [5.41, 5.74) is 1.94. The van der Waals surface area contributed by atoms with Crippen molar-refractivity contribution in [3.63, 3.8) is 0 Å². The maximum absolute atomic E-state index is 14.1. The minimum Gasteiger partial charge on any atom is -0.386 e. The van der Waals surface area contributed by atoms with Crippen LogP contribution in [0.2, 0.25) is 0 Å². The van der Waals surface area contributed by atoms with Crippen LogP contribution >= 0.6 is 0 Å². The number of carbonyl (C=O) groups excluding carboxylic acids is 1. The SMILES string of the molecule is Cc1ccc(CN2CCn3nc(C(O)CC(=O)N(C)C)cc3C2)c(F)c1F. The monoisotopic (exact) mass is 378 g/mol. The second kappa shape index (κ2) is 7.74. The van der Waals surface area contributed by atoms with Gasteiger partial charge in [-0.15, -0.1) is 0 Å². The van der Waals surface area contributed by atoms with Gasteiger partial charge in [-0.05, 0) is 18.6 Å². The average molecular weight is 378 g/mol. The molecular weight excluding hydrogens is 354 g/mol. The van der Waals surface area contributed by atoms with Crippen LogP contribution in [-0.4, -0.2) is 51.2 Å². The number of hydrogen-bond acceptors (Lipinski definition) is 4. The second-order valence-corrected chi connectivity index (χ2v) is 7.17. The molecule has 3 rings (SSSR count). The Labute approximate surface area is 157 Å². The van der Waals surface area contributed by atoms with Crippen LogP contribution in [0.1, 0.15) is 35.0 Å². The summed E-state index contributed by atoms with van der Waals surface area (Å²) >= 11 is 0. The molecule has 1 aromatic carbocycles. The van der Waals surface area contributed by atoms with Crippen LogP contribution in [-0.2, 0) is 24.4 Å². The summed E-state index contributed by atoms with van der Waals surface area (Å²) in [5.74, 6) is -1.77. The maximum Gasteiger partial charge on any atom is 0.225 e. The lowest BCUT2D eigenvalue weighted by atomic mass is 10.1. The lowest BCUT2D eigenvalue weighted by molar-refractivity contribution is -0.130. The number of halogens is 2. The Morgan fingerprint density at radius 1 is 1.30 bits per heavy atom. The molecule has 0 radical (unpaired) electrons. The molecule has 1 atom stereocenters. The van der Waals surface area contributed by atoms with E-state index in [-0.39, 0.29) is 12.3 Å². The van der Waals surface area contributed by atoms with Crippen LogP contribution in [0.4, 0.5) is 8.78 Å². The highest BCUT2D eigenvalue weighted by molar-refractivity contribution is 5.76. The van der Waals surface area contributed by atoms with Crippen LogP contribution in [0.3, 0.4) is 0 Å². The molecule has 1 N–H and O–H groups in total. The Hall–Kier alpha value is -2.32. The van der Waals surface area contributed by atoms with E-state index in [9.17, 15) is 18.7 Å². The van der Waals surface area contributed by atoms with Crippen molar-refractivity contribution >= 4 is 5.91 Å². The molecule has 1 aliphatic heterocycles. The van der Waals surface area contributed by atoms with Crippen molar-refractivity contribution in [2.24, 2.45) is 0 Å². The highest BCUT2D eigenvalue weighted by Crippen LogP contribution is 2.23. The van der Waals surface area contributed by atoms with E-state index in [1.54, 1.807) is 37.0 Å². The van der Waals surface area contributed by atoms with Gasteiger partial charge in [-0.2, -0.15) is 5.10 Å². The van der Waals surface area contributed by atoms with Gasteiger partial charge < -0.3 is 10.0 Å². The number of amides is 1. The zero-order chi connectivity index (χ0) is 19.7. The third-order valence-corrected chi connectivity index (χ3v) is 4.85. The van der Waals surface area contributed by atoms with Gasteiger partial charge in [0, 0.05) is 39.3 Å². The molecule has 1 unspecified atom stereocenters. The van der Waals surface area contributed by atoms with E-state index < -0.39 is 17.7 Å². The Balaban J connectivity index is 1.69. The highest BCUT2D eigenvalue weighted by Gasteiger charge is 2.24. The van der Waals surface area contributed by atoms with Gasteiger partial charge in [0.25, 0.3) is 0 Å². The van der Waals surface area contributed by atoms with Crippen molar-refractivity contribution in [3.8, 4) is 0 Å². The fourth-order valence-electron chi connectivity index (χ4n) is 3.14. The molecule has 2 aromatic rings. The van der Waals surface area contributed by atoms with Crippen molar-refractivity contribution in [1.29, 1.82) is 0 Å². The standard InChI is InChI=1S/C19H24F2N4O2/c1-12-4-5-13(19(21)18(12)20)10-24-6-7-25-14(11-24)8-15(22-25)16(26)9-17(27)23(2)3/h4-5,8,16,26H,6-7,9-11H2,1-3H3. The van der Waals surface area contributed by atoms with Gasteiger partial charge in [-0.3, -0.25) is 14.4 Å². The topological polar surface area (TPSA) is 61.6 Å². The van der Waals surface area contributed by atoms with Crippen LogP contribution in [0.15, 0.2) is 18.2 Å². The van der Waals surface area contributed by atoms with Crippen molar-refractivity contribution in [2.45, 2.75) is 39.1 Å². The predicted molar refractivity (Wildman–Crippen MR) is 95.7 cm³/mol. The van der Waals surface area contributed by atoms with Gasteiger partial charge in [0.05, 0.1) is 24.4 Å². The summed E-state index contributed by atoms with van der Waals surface area (Å²) in [4.78, 5) is 15.2. The first-order chi connectivity index (χ1) is 12.8. The quantitative estimate of drug-likeness (QED) is 0.865. The van der Waals surface area contributed by atoms with Crippen LogP contribution < -0.4 is 0 Å². The second-order valence-electron chi connectivity index (χ2n) is 7.17. The van der Waals surface area contributed by atoms with E-state index in [4.69, 9.17) is 0 Å².